The van der Waals surface area contributed by atoms with Gasteiger partial charge < -0.3 is 15.4 Å². The molecule has 1 fully saturated rings. The van der Waals surface area contributed by atoms with Gasteiger partial charge in [-0.15, -0.1) is 0 Å². The average Bonchev–Trinajstić information content (AvgIpc) is 3.39. The number of benzene rings is 1. The van der Waals surface area contributed by atoms with Crippen molar-refractivity contribution < 1.29 is 23.5 Å². The largest absolute Gasteiger partial charge is 0.466 e. The number of anilines is 1. The maximum absolute atomic E-state index is 13.2. The summed E-state index contributed by atoms with van der Waals surface area (Å²) >= 11 is 0. The zero-order valence-corrected chi connectivity index (χ0v) is 16.3. The summed E-state index contributed by atoms with van der Waals surface area (Å²) in [4.78, 5) is 38.3. The summed E-state index contributed by atoms with van der Waals surface area (Å²) in [5.74, 6) is -1.31. The quantitative estimate of drug-likeness (QED) is 0.627. The van der Waals surface area contributed by atoms with Crippen LogP contribution in [-0.2, 0) is 19.1 Å². The Morgan fingerprint density at radius 3 is 2.55 bits per heavy atom. The van der Waals surface area contributed by atoms with Crippen LogP contribution in [0.4, 0.5) is 10.1 Å². The summed E-state index contributed by atoms with van der Waals surface area (Å²) in [7, 11) is 0. The van der Waals surface area contributed by atoms with E-state index in [9.17, 15) is 18.8 Å². The first-order chi connectivity index (χ1) is 13.9. The van der Waals surface area contributed by atoms with Gasteiger partial charge >= 0.3 is 5.97 Å². The number of carbonyl (C=O) groups excluding carboxylic acids is 3. The second-order valence-corrected chi connectivity index (χ2v) is 7.24. The summed E-state index contributed by atoms with van der Waals surface area (Å²) in [6, 6.07) is 4.63. The number of hydrazone groups is 1. The minimum absolute atomic E-state index is 0.0616. The highest BCUT2D eigenvalue weighted by atomic mass is 19.1. The number of amides is 2. The zero-order valence-electron chi connectivity index (χ0n) is 16.3. The molecule has 1 atom stereocenters. The van der Waals surface area contributed by atoms with Gasteiger partial charge in [0, 0.05) is 19.5 Å². The predicted molar refractivity (Wildman–Crippen MR) is 104 cm³/mol. The maximum Gasteiger partial charge on any atom is 0.307 e. The van der Waals surface area contributed by atoms with E-state index in [1.807, 2.05) is 0 Å². The summed E-state index contributed by atoms with van der Waals surface area (Å²) < 4.78 is 18.2. The molecule has 8 nitrogen and oxygen atoms in total. The fraction of sp³-hybridized carbons (Fsp3) is 0.500. The van der Waals surface area contributed by atoms with Crippen LogP contribution in [0.5, 0.6) is 0 Å². The van der Waals surface area contributed by atoms with Crippen LogP contribution in [0.2, 0.25) is 0 Å². The van der Waals surface area contributed by atoms with Crippen LogP contribution in [0.1, 0.15) is 32.6 Å². The van der Waals surface area contributed by atoms with Crippen molar-refractivity contribution in [3.8, 4) is 0 Å². The lowest BCUT2D eigenvalue weighted by Crippen LogP contribution is -2.41. The van der Waals surface area contributed by atoms with Gasteiger partial charge in [-0.25, -0.2) is 4.39 Å². The lowest BCUT2D eigenvalue weighted by atomic mass is 10.1. The van der Waals surface area contributed by atoms with Gasteiger partial charge in [-0.05, 0) is 49.9 Å². The first kappa shape index (κ1) is 20.8. The molecule has 1 aliphatic heterocycles. The molecule has 29 heavy (non-hydrogen) atoms. The van der Waals surface area contributed by atoms with E-state index < -0.39 is 17.8 Å². The van der Waals surface area contributed by atoms with E-state index in [4.69, 9.17) is 10.5 Å². The third-order valence-corrected chi connectivity index (χ3v) is 4.93. The van der Waals surface area contributed by atoms with Crippen LogP contribution >= 0.6 is 0 Å². The van der Waals surface area contributed by atoms with Crippen LogP contribution in [0, 0.1) is 11.7 Å². The molecule has 1 aromatic carbocycles. The fourth-order valence-corrected chi connectivity index (χ4v) is 3.22. The Balaban J connectivity index is 1.76. The van der Waals surface area contributed by atoms with E-state index in [1.54, 1.807) is 11.8 Å². The van der Waals surface area contributed by atoms with Gasteiger partial charge in [0.15, 0.2) is 0 Å². The third-order valence-electron chi connectivity index (χ3n) is 4.93. The summed E-state index contributed by atoms with van der Waals surface area (Å²) in [6.07, 6.45) is 2.25. The Labute approximate surface area is 168 Å². The molecule has 1 aromatic rings. The summed E-state index contributed by atoms with van der Waals surface area (Å²) in [5, 5.41) is 5.68. The first-order valence-corrected chi connectivity index (χ1v) is 9.75. The highest BCUT2D eigenvalue weighted by molar-refractivity contribution is 6.40. The molecule has 3 rings (SSSR count). The van der Waals surface area contributed by atoms with Crippen molar-refractivity contribution in [2.75, 3.05) is 24.7 Å². The zero-order chi connectivity index (χ0) is 21.0. The SMILES string of the molecule is CCOC(=O)CCN(CC1CC1)C(=O)C1=NN(c2ccc(F)cc2)C(C(N)=O)C1. The molecule has 0 spiro atoms. The Morgan fingerprint density at radius 2 is 1.97 bits per heavy atom. The number of esters is 1. The van der Waals surface area contributed by atoms with Gasteiger partial charge in [-0.1, -0.05) is 0 Å². The molecule has 2 amide bonds. The lowest BCUT2D eigenvalue weighted by Gasteiger charge is -2.22. The molecule has 9 heteroatoms. The van der Waals surface area contributed by atoms with Gasteiger partial charge in [0.05, 0.1) is 18.7 Å². The summed E-state index contributed by atoms with van der Waals surface area (Å²) in [5.41, 5.74) is 6.17. The van der Waals surface area contributed by atoms with Crippen LogP contribution in [-0.4, -0.2) is 54.1 Å². The van der Waals surface area contributed by atoms with Crippen LogP contribution in [0.15, 0.2) is 29.4 Å². The van der Waals surface area contributed by atoms with Crippen molar-refractivity contribution in [1.29, 1.82) is 0 Å². The molecule has 156 valence electrons. The van der Waals surface area contributed by atoms with Gasteiger partial charge in [0.25, 0.3) is 5.91 Å². The molecule has 1 saturated carbocycles. The number of nitrogens with zero attached hydrogens (tertiary/aromatic N) is 3. The molecule has 0 saturated heterocycles. The van der Waals surface area contributed by atoms with Crippen molar-refractivity contribution in [3.63, 3.8) is 0 Å². The first-order valence-electron chi connectivity index (χ1n) is 9.75. The van der Waals surface area contributed by atoms with Gasteiger partial charge in [-0.3, -0.25) is 19.4 Å². The van der Waals surface area contributed by atoms with Crippen molar-refractivity contribution in [3.05, 3.63) is 30.1 Å². The number of hydrogen-bond acceptors (Lipinski definition) is 6. The minimum Gasteiger partial charge on any atom is -0.466 e. The average molecular weight is 404 g/mol. The normalized spacial score (nSPS) is 18.3. The van der Waals surface area contributed by atoms with Gasteiger partial charge in [0.2, 0.25) is 5.91 Å². The predicted octanol–water partition coefficient (Wildman–Crippen LogP) is 1.44. The van der Waals surface area contributed by atoms with E-state index >= 15 is 0 Å². The molecule has 2 aliphatic rings. The Hall–Kier alpha value is -2.97. The van der Waals surface area contributed by atoms with E-state index in [-0.39, 0.29) is 43.6 Å². The third kappa shape index (κ3) is 5.30. The number of halogens is 1. The van der Waals surface area contributed by atoms with Crippen molar-refractivity contribution in [2.24, 2.45) is 16.8 Å². The van der Waals surface area contributed by atoms with E-state index in [0.29, 0.717) is 18.2 Å². The molecule has 2 N–H and O–H groups in total. The van der Waals surface area contributed by atoms with Crippen LogP contribution in [0.3, 0.4) is 0 Å². The number of hydrogen-bond donors (Lipinski definition) is 1. The maximum atomic E-state index is 13.2. The number of primary amides is 1. The molecule has 1 aliphatic carbocycles. The Morgan fingerprint density at radius 1 is 1.28 bits per heavy atom. The molecule has 1 unspecified atom stereocenters. The molecule has 0 bridgehead atoms. The molecular weight excluding hydrogens is 379 g/mol. The van der Waals surface area contributed by atoms with Crippen LogP contribution < -0.4 is 10.7 Å². The fourth-order valence-electron chi connectivity index (χ4n) is 3.22. The van der Waals surface area contributed by atoms with E-state index in [1.165, 1.54) is 29.3 Å². The minimum atomic E-state index is -0.827. The number of ether oxygens (including phenoxy) is 1. The molecule has 0 aromatic heterocycles. The monoisotopic (exact) mass is 404 g/mol. The van der Waals surface area contributed by atoms with Crippen molar-refractivity contribution >= 4 is 29.2 Å². The van der Waals surface area contributed by atoms with E-state index in [2.05, 4.69) is 5.10 Å². The van der Waals surface area contributed by atoms with Gasteiger partial charge in [0.1, 0.15) is 17.6 Å². The van der Waals surface area contributed by atoms with Crippen molar-refractivity contribution in [2.45, 2.75) is 38.6 Å². The Kier molecular flexibility index (Phi) is 6.46. The van der Waals surface area contributed by atoms with Gasteiger partial charge in [-0.2, -0.15) is 5.10 Å². The summed E-state index contributed by atoms with van der Waals surface area (Å²) in [6.45, 7) is 2.78. The number of rotatable bonds is 9. The molecular formula is C20H25FN4O4. The van der Waals surface area contributed by atoms with Crippen LogP contribution in [0.25, 0.3) is 0 Å². The topological polar surface area (TPSA) is 105 Å². The number of carbonyl (C=O) groups is 3. The van der Waals surface area contributed by atoms with Crippen molar-refractivity contribution in [1.82, 2.24) is 4.90 Å². The molecule has 0 radical (unpaired) electrons. The van der Waals surface area contributed by atoms with E-state index in [0.717, 1.165) is 12.8 Å². The standard InChI is InChI=1S/C20H25FN4O4/c1-2-29-18(26)9-10-24(12-13-3-4-13)20(28)16-11-17(19(22)27)25(23-16)15-7-5-14(21)6-8-15/h5-8,13,17H,2-4,9-12H2,1H3,(H2,22,27). The second-order valence-electron chi connectivity index (χ2n) is 7.24. The highest BCUT2D eigenvalue weighted by Gasteiger charge is 2.37. The smallest absolute Gasteiger partial charge is 0.307 e. The molecule has 1 heterocycles. The Bertz CT molecular complexity index is 807. The highest BCUT2D eigenvalue weighted by Crippen LogP contribution is 2.31. The number of nitrogens with two attached hydrogens (primary N) is 1. The lowest BCUT2D eigenvalue weighted by molar-refractivity contribution is -0.143. The second kappa shape index (κ2) is 9.02.